The predicted molar refractivity (Wildman–Crippen MR) is 91.6 cm³/mol. The van der Waals surface area contributed by atoms with Crippen LogP contribution < -0.4 is 10.1 Å². The Hall–Kier alpha value is -2.86. The molecule has 128 valence electrons. The summed E-state index contributed by atoms with van der Waals surface area (Å²) in [6.07, 6.45) is 5.54. The second-order valence-electron chi connectivity index (χ2n) is 5.96. The number of hydrogen-bond donors (Lipinski definition) is 1. The van der Waals surface area contributed by atoms with Crippen molar-refractivity contribution in [3.05, 3.63) is 60.1 Å². The lowest BCUT2D eigenvalue weighted by atomic mass is 10.0. The number of fused-ring (bicyclic) bond motifs is 1. The van der Waals surface area contributed by atoms with E-state index >= 15 is 0 Å². The molecule has 1 fully saturated rings. The zero-order chi connectivity index (χ0) is 17.2. The number of hydrogen-bond acceptors (Lipinski definition) is 5. The number of amides is 1. The van der Waals surface area contributed by atoms with Crippen LogP contribution in [0.5, 0.6) is 5.75 Å². The lowest BCUT2D eigenvalue weighted by Crippen LogP contribution is -2.36. The van der Waals surface area contributed by atoms with Crippen molar-refractivity contribution in [2.75, 3.05) is 13.7 Å². The molecule has 2 atom stereocenters. The van der Waals surface area contributed by atoms with Gasteiger partial charge in [-0.25, -0.2) is 0 Å². The zero-order valence-electron chi connectivity index (χ0n) is 13.8. The van der Waals surface area contributed by atoms with Gasteiger partial charge in [0.05, 0.1) is 18.7 Å². The highest BCUT2D eigenvalue weighted by Crippen LogP contribution is 2.30. The van der Waals surface area contributed by atoms with E-state index in [1.165, 1.54) is 6.26 Å². The Morgan fingerprint density at radius 1 is 1.36 bits per heavy atom. The first kappa shape index (κ1) is 15.7. The Morgan fingerprint density at radius 3 is 3.08 bits per heavy atom. The van der Waals surface area contributed by atoms with Crippen molar-refractivity contribution < 1.29 is 18.7 Å². The van der Waals surface area contributed by atoms with Gasteiger partial charge >= 0.3 is 0 Å². The van der Waals surface area contributed by atoms with Crippen LogP contribution in [-0.2, 0) is 4.74 Å². The average molecular weight is 338 g/mol. The monoisotopic (exact) mass is 338 g/mol. The molecule has 1 aromatic carbocycles. The summed E-state index contributed by atoms with van der Waals surface area (Å²) in [5.74, 6) is 0.497. The summed E-state index contributed by atoms with van der Waals surface area (Å²) < 4.78 is 16.5. The van der Waals surface area contributed by atoms with E-state index in [4.69, 9.17) is 13.9 Å². The molecule has 2 aromatic heterocycles. The van der Waals surface area contributed by atoms with Crippen molar-refractivity contribution in [1.82, 2.24) is 10.3 Å². The summed E-state index contributed by atoms with van der Waals surface area (Å²) >= 11 is 0. The molecular weight excluding hydrogens is 320 g/mol. The quantitative estimate of drug-likeness (QED) is 0.791. The van der Waals surface area contributed by atoms with E-state index in [-0.39, 0.29) is 18.1 Å². The first-order chi connectivity index (χ1) is 12.3. The zero-order valence-corrected chi connectivity index (χ0v) is 13.8. The molecule has 1 N–H and O–H groups in total. The third-order valence-electron chi connectivity index (χ3n) is 4.45. The molecule has 0 spiro atoms. The molecule has 3 heterocycles. The Bertz CT molecular complexity index is 891. The number of ether oxygens (including phenoxy) is 2. The van der Waals surface area contributed by atoms with Gasteiger partial charge in [-0.3, -0.25) is 9.78 Å². The second-order valence-corrected chi connectivity index (χ2v) is 5.96. The summed E-state index contributed by atoms with van der Waals surface area (Å²) in [6, 6.07) is 9.12. The standard InChI is InChI=1S/C19H18N2O4/c1-23-13-4-5-17-14(9-13)15(11-25-17)19(22)21-16-6-8-24-18(16)12-3-2-7-20-10-12/h2-5,7,9-11,16,18H,6,8H2,1H3,(H,21,22)/t16-,18+/m0/s1. The average Bonchev–Trinajstić information content (AvgIpc) is 3.28. The van der Waals surface area contributed by atoms with Gasteiger partial charge in [0.1, 0.15) is 23.7 Å². The predicted octanol–water partition coefficient (Wildman–Crippen LogP) is 3.10. The Balaban J connectivity index is 1.57. The third kappa shape index (κ3) is 2.96. The van der Waals surface area contributed by atoms with Crippen LogP contribution in [0, 0.1) is 0 Å². The third-order valence-corrected chi connectivity index (χ3v) is 4.45. The molecule has 0 aliphatic carbocycles. The molecular formula is C19H18N2O4. The summed E-state index contributed by atoms with van der Waals surface area (Å²) in [5.41, 5.74) is 2.10. The number of rotatable bonds is 4. The molecule has 1 aliphatic rings. The highest BCUT2D eigenvalue weighted by molar-refractivity contribution is 6.06. The van der Waals surface area contributed by atoms with Crippen LogP contribution in [0.4, 0.5) is 0 Å². The summed E-state index contributed by atoms with van der Waals surface area (Å²) in [4.78, 5) is 16.9. The van der Waals surface area contributed by atoms with Gasteiger partial charge in [-0.15, -0.1) is 0 Å². The van der Waals surface area contributed by atoms with Gasteiger partial charge < -0.3 is 19.2 Å². The van der Waals surface area contributed by atoms with Crippen molar-refractivity contribution in [3.63, 3.8) is 0 Å². The summed E-state index contributed by atoms with van der Waals surface area (Å²) in [5, 5.41) is 3.80. The van der Waals surface area contributed by atoms with Gasteiger partial charge in [0.2, 0.25) is 0 Å². The van der Waals surface area contributed by atoms with Crippen LogP contribution in [0.15, 0.2) is 53.4 Å². The lowest BCUT2D eigenvalue weighted by Gasteiger charge is -2.19. The number of furan rings is 1. The largest absolute Gasteiger partial charge is 0.497 e. The summed E-state index contributed by atoms with van der Waals surface area (Å²) in [7, 11) is 1.59. The van der Waals surface area contributed by atoms with E-state index in [2.05, 4.69) is 10.3 Å². The first-order valence-electron chi connectivity index (χ1n) is 8.14. The molecule has 25 heavy (non-hydrogen) atoms. The fourth-order valence-electron chi connectivity index (χ4n) is 3.17. The molecule has 6 nitrogen and oxygen atoms in total. The number of methoxy groups -OCH3 is 1. The highest BCUT2D eigenvalue weighted by Gasteiger charge is 2.31. The van der Waals surface area contributed by atoms with Crippen molar-refractivity contribution in [2.45, 2.75) is 18.6 Å². The van der Waals surface area contributed by atoms with Gasteiger partial charge in [0, 0.05) is 30.0 Å². The molecule has 0 bridgehead atoms. The molecule has 4 rings (SSSR count). The molecule has 6 heteroatoms. The number of carbonyl (C=O) groups excluding carboxylic acids is 1. The van der Waals surface area contributed by atoms with Crippen LogP contribution in [0.2, 0.25) is 0 Å². The van der Waals surface area contributed by atoms with E-state index in [1.807, 2.05) is 12.1 Å². The lowest BCUT2D eigenvalue weighted by molar-refractivity contribution is 0.0821. The molecule has 0 saturated carbocycles. The number of benzene rings is 1. The molecule has 1 amide bonds. The van der Waals surface area contributed by atoms with Crippen molar-refractivity contribution in [3.8, 4) is 5.75 Å². The van der Waals surface area contributed by atoms with Gasteiger partial charge in [0.25, 0.3) is 5.91 Å². The minimum absolute atomic E-state index is 0.104. The van der Waals surface area contributed by atoms with Gasteiger partial charge in [0.15, 0.2) is 0 Å². The molecule has 3 aromatic rings. The van der Waals surface area contributed by atoms with Crippen LogP contribution in [0.3, 0.4) is 0 Å². The van der Waals surface area contributed by atoms with Crippen LogP contribution in [0.1, 0.15) is 28.4 Å². The first-order valence-corrected chi connectivity index (χ1v) is 8.14. The van der Waals surface area contributed by atoms with Crippen LogP contribution in [-0.4, -0.2) is 30.6 Å². The maximum atomic E-state index is 12.8. The van der Waals surface area contributed by atoms with E-state index < -0.39 is 0 Å². The topological polar surface area (TPSA) is 73.6 Å². The van der Waals surface area contributed by atoms with E-state index in [1.54, 1.807) is 37.7 Å². The number of nitrogens with one attached hydrogen (secondary N) is 1. The van der Waals surface area contributed by atoms with Crippen molar-refractivity contribution in [1.29, 1.82) is 0 Å². The SMILES string of the molecule is COc1ccc2occ(C(=O)N[C@H]3CCO[C@@H]3c3cccnc3)c2c1. The number of aromatic nitrogens is 1. The minimum atomic E-state index is -0.189. The van der Waals surface area contributed by atoms with Gasteiger partial charge in [-0.05, 0) is 30.7 Å². The molecule has 1 aliphatic heterocycles. The number of carbonyl (C=O) groups is 1. The highest BCUT2D eigenvalue weighted by atomic mass is 16.5. The Morgan fingerprint density at radius 2 is 2.28 bits per heavy atom. The van der Waals surface area contributed by atoms with Crippen LogP contribution >= 0.6 is 0 Å². The minimum Gasteiger partial charge on any atom is -0.497 e. The van der Waals surface area contributed by atoms with Crippen LogP contribution in [0.25, 0.3) is 11.0 Å². The van der Waals surface area contributed by atoms with E-state index in [9.17, 15) is 4.79 Å². The van der Waals surface area contributed by atoms with E-state index in [0.29, 0.717) is 23.5 Å². The van der Waals surface area contributed by atoms with Crippen molar-refractivity contribution in [2.24, 2.45) is 0 Å². The molecule has 1 saturated heterocycles. The van der Waals surface area contributed by atoms with Gasteiger partial charge in [-0.1, -0.05) is 6.07 Å². The Labute approximate surface area is 144 Å². The maximum absolute atomic E-state index is 12.8. The Kier molecular flexibility index (Phi) is 4.11. The number of nitrogens with zero attached hydrogens (tertiary/aromatic N) is 1. The van der Waals surface area contributed by atoms with Gasteiger partial charge in [-0.2, -0.15) is 0 Å². The maximum Gasteiger partial charge on any atom is 0.255 e. The molecule has 0 unspecified atom stereocenters. The molecule has 0 radical (unpaired) electrons. The van der Waals surface area contributed by atoms with E-state index in [0.717, 1.165) is 17.4 Å². The number of pyridine rings is 1. The normalized spacial score (nSPS) is 19.9. The van der Waals surface area contributed by atoms with Crippen molar-refractivity contribution >= 4 is 16.9 Å². The smallest absolute Gasteiger partial charge is 0.255 e. The fourth-order valence-corrected chi connectivity index (χ4v) is 3.17. The second kappa shape index (κ2) is 6.57. The fraction of sp³-hybridized carbons (Fsp3) is 0.263. The summed E-state index contributed by atoms with van der Waals surface area (Å²) in [6.45, 7) is 0.602.